The van der Waals surface area contributed by atoms with Gasteiger partial charge in [-0.3, -0.25) is 0 Å². The Bertz CT molecular complexity index is 576. The highest BCUT2D eigenvalue weighted by Gasteiger charge is 2.09. The van der Waals surface area contributed by atoms with Gasteiger partial charge in [-0.2, -0.15) is 0 Å². The predicted octanol–water partition coefficient (Wildman–Crippen LogP) is 2.86. The van der Waals surface area contributed by atoms with Crippen molar-refractivity contribution >= 4 is 5.69 Å². The van der Waals surface area contributed by atoms with E-state index in [2.05, 4.69) is 28.8 Å². The zero-order valence-corrected chi connectivity index (χ0v) is 11.2. The normalized spacial score (nSPS) is 10.9. The molecule has 0 radical (unpaired) electrons. The molecule has 0 saturated heterocycles. The van der Waals surface area contributed by atoms with Crippen molar-refractivity contribution < 1.29 is 0 Å². The van der Waals surface area contributed by atoms with Gasteiger partial charge in [-0.25, -0.2) is 15.0 Å². The zero-order chi connectivity index (χ0) is 13.3. The van der Waals surface area contributed by atoms with Crippen LogP contribution in [0, 0.1) is 13.8 Å². The second kappa shape index (κ2) is 4.72. The molecule has 4 heteroatoms. The van der Waals surface area contributed by atoms with Crippen molar-refractivity contribution in [2.45, 2.75) is 33.6 Å². The van der Waals surface area contributed by atoms with Gasteiger partial charge in [0.1, 0.15) is 11.6 Å². The lowest BCUT2D eigenvalue weighted by molar-refractivity contribution is 0.750. The molecule has 0 unspecified atom stereocenters. The maximum absolute atomic E-state index is 5.82. The first-order valence-electron chi connectivity index (χ1n) is 6.06. The number of aryl methyl sites for hydroxylation is 2. The molecule has 0 spiro atoms. The van der Waals surface area contributed by atoms with E-state index < -0.39 is 0 Å². The highest BCUT2D eigenvalue weighted by atomic mass is 15.0. The average Bonchev–Trinajstić information content (AvgIpc) is 2.31. The number of anilines is 1. The van der Waals surface area contributed by atoms with Gasteiger partial charge in [0.2, 0.25) is 0 Å². The van der Waals surface area contributed by atoms with E-state index in [-0.39, 0.29) is 0 Å². The van der Waals surface area contributed by atoms with Crippen molar-refractivity contribution in [3.05, 3.63) is 35.4 Å². The van der Waals surface area contributed by atoms with Gasteiger partial charge >= 0.3 is 0 Å². The van der Waals surface area contributed by atoms with Crippen molar-refractivity contribution in [1.29, 1.82) is 0 Å². The molecule has 0 aliphatic heterocycles. The first-order valence-corrected chi connectivity index (χ1v) is 6.06. The van der Waals surface area contributed by atoms with Gasteiger partial charge in [0.05, 0.1) is 0 Å². The Hall–Kier alpha value is -1.97. The van der Waals surface area contributed by atoms with Crippen LogP contribution in [0.25, 0.3) is 11.4 Å². The van der Waals surface area contributed by atoms with Crippen LogP contribution in [0.4, 0.5) is 5.69 Å². The number of hydrogen-bond donors (Lipinski definition) is 1. The Labute approximate surface area is 107 Å². The molecule has 0 aliphatic carbocycles. The van der Waals surface area contributed by atoms with Crippen molar-refractivity contribution in [3.8, 4) is 11.4 Å². The number of hydrogen-bond acceptors (Lipinski definition) is 4. The van der Waals surface area contributed by atoms with Crippen LogP contribution in [0.15, 0.2) is 18.2 Å². The molecule has 1 aromatic carbocycles. The van der Waals surface area contributed by atoms with Crippen molar-refractivity contribution in [1.82, 2.24) is 15.0 Å². The summed E-state index contributed by atoms with van der Waals surface area (Å²) in [5, 5.41) is 0. The monoisotopic (exact) mass is 242 g/mol. The lowest BCUT2D eigenvalue weighted by Gasteiger charge is -2.08. The van der Waals surface area contributed by atoms with E-state index in [0.717, 1.165) is 28.5 Å². The molecule has 0 atom stereocenters. The number of nitrogen functional groups attached to an aromatic ring is 1. The van der Waals surface area contributed by atoms with E-state index in [9.17, 15) is 0 Å². The summed E-state index contributed by atoms with van der Waals surface area (Å²) in [4.78, 5) is 13.3. The van der Waals surface area contributed by atoms with E-state index in [1.54, 1.807) is 0 Å². The van der Waals surface area contributed by atoms with Gasteiger partial charge in [0.15, 0.2) is 5.82 Å². The molecule has 0 bridgehead atoms. The van der Waals surface area contributed by atoms with Crippen molar-refractivity contribution in [2.75, 3.05) is 5.73 Å². The number of nitrogens with zero attached hydrogens (tertiary/aromatic N) is 3. The summed E-state index contributed by atoms with van der Waals surface area (Å²) in [5.41, 5.74) is 8.63. The maximum Gasteiger partial charge on any atom is 0.163 e. The molecule has 4 nitrogen and oxygen atoms in total. The van der Waals surface area contributed by atoms with E-state index in [1.807, 2.05) is 32.0 Å². The van der Waals surface area contributed by atoms with Gasteiger partial charge in [-0.15, -0.1) is 0 Å². The number of rotatable bonds is 2. The molecule has 0 aliphatic rings. The zero-order valence-electron chi connectivity index (χ0n) is 11.2. The quantitative estimate of drug-likeness (QED) is 0.822. The SMILES string of the molecule is Cc1nc(-c2ccc(N)c(C)c2)nc(C(C)C)n1. The van der Waals surface area contributed by atoms with Crippen LogP contribution in [-0.2, 0) is 0 Å². The van der Waals surface area contributed by atoms with Gasteiger partial charge in [-0.05, 0) is 37.6 Å². The lowest BCUT2D eigenvalue weighted by Crippen LogP contribution is -2.04. The van der Waals surface area contributed by atoms with E-state index >= 15 is 0 Å². The summed E-state index contributed by atoms with van der Waals surface area (Å²) in [6.07, 6.45) is 0. The maximum atomic E-state index is 5.82. The smallest absolute Gasteiger partial charge is 0.163 e. The molecule has 94 valence electrons. The predicted molar refractivity (Wildman–Crippen MR) is 73.2 cm³/mol. The molecule has 0 fully saturated rings. The molecular weight excluding hydrogens is 224 g/mol. The fourth-order valence-corrected chi connectivity index (χ4v) is 1.70. The third-order valence-electron chi connectivity index (χ3n) is 2.81. The topological polar surface area (TPSA) is 64.7 Å². The lowest BCUT2D eigenvalue weighted by atomic mass is 10.1. The Morgan fingerprint density at radius 1 is 1.06 bits per heavy atom. The Morgan fingerprint density at radius 2 is 1.78 bits per heavy atom. The largest absolute Gasteiger partial charge is 0.399 e. The van der Waals surface area contributed by atoms with E-state index in [1.165, 1.54) is 0 Å². The second-order valence-electron chi connectivity index (χ2n) is 4.79. The molecule has 2 aromatic rings. The number of benzene rings is 1. The standard InChI is InChI=1S/C14H18N4/c1-8(2)13-16-10(4)17-14(18-13)11-5-6-12(15)9(3)7-11/h5-8H,15H2,1-4H3. The summed E-state index contributed by atoms with van der Waals surface area (Å²) in [6.45, 7) is 8.02. The summed E-state index contributed by atoms with van der Waals surface area (Å²) in [7, 11) is 0. The van der Waals surface area contributed by atoms with Crippen LogP contribution in [0.3, 0.4) is 0 Å². The molecular formula is C14H18N4. The molecule has 0 saturated carbocycles. The van der Waals surface area contributed by atoms with Gasteiger partial charge in [-0.1, -0.05) is 13.8 Å². The van der Waals surface area contributed by atoms with Crippen molar-refractivity contribution in [3.63, 3.8) is 0 Å². The highest BCUT2D eigenvalue weighted by Crippen LogP contribution is 2.21. The average molecular weight is 242 g/mol. The van der Waals surface area contributed by atoms with Crippen LogP contribution in [0.1, 0.15) is 37.0 Å². The number of nitrogens with two attached hydrogens (primary N) is 1. The third-order valence-corrected chi connectivity index (χ3v) is 2.81. The van der Waals surface area contributed by atoms with Crippen LogP contribution in [-0.4, -0.2) is 15.0 Å². The number of aromatic nitrogens is 3. The molecule has 0 amide bonds. The first-order chi connectivity index (χ1) is 8.47. The molecule has 2 N–H and O–H groups in total. The Kier molecular flexibility index (Phi) is 3.28. The summed E-state index contributed by atoms with van der Waals surface area (Å²) >= 11 is 0. The molecule has 1 aromatic heterocycles. The first kappa shape index (κ1) is 12.5. The Balaban J connectivity index is 2.53. The molecule has 2 rings (SSSR count). The van der Waals surface area contributed by atoms with Crippen molar-refractivity contribution in [2.24, 2.45) is 0 Å². The second-order valence-corrected chi connectivity index (χ2v) is 4.79. The fraction of sp³-hybridized carbons (Fsp3) is 0.357. The van der Waals surface area contributed by atoms with Gasteiger partial charge in [0, 0.05) is 17.2 Å². The minimum Gasteiger partial charge on any atom is -0.399 e. The summed E-state index contributed by atoms with van der Waals surface area (Å²) < 4.78 is 0. The fourth-order valence-electron chi connectivity index (χ4n) is 1.70. The minimum atomic E-state index is 0.292. The van der Waals surface area contributed by atoms with Crippen LogP contribution in [0.2, 0.25) is 0 Å². The summed E-state index contributed by atoms with van der Waals surface area (Å²) in [5.74, 6) is 2.58. The van der Waals surface area contributed by atoms with Crippen LogP contribution in [0.5, 0.6) is 0 Å². The van der Waals surface area contributed by atoms with Crippen LogP contribution >= 0.6 is 0 Å². The Morgan fingerprint density at radius 3 is 2.39 bits per heavy atom. The van der Waals surface area contributed by atoms with E-state index in [0.29, 0.717) is 11.7 Å². The molecule has 18 heavy (non-hydrogen) atoms. The summed E-state index contributed by atoms with van der Waals surface area (Å²) in [6, 6.07) is 5.84. The van der Waals surface area contributed by atoms with Gasteiger partial charge < -0.3 is 5.73 Å². The van der Waals surface area contributed by atoms with E-state index in [4.69, 9.17) is 5.73 Å². The van der Waals surface area contributed by atoms with Gasteiger partial charge in [0.25, 0.3) is 0 Å². The third kappa shape index (κ3) is 2.47. The molecule has 1 heterocycles. The minimum absolute atomic E-state index is 0.292. The highest BCUT2D eigenvalue weighted by molar-refractivity contribution is 5.61. The van der Waals surface area contributed by atoms with Crippen LogP contribution < -0.4 is 5.73 Å².